The van der Waals surface area contributed by atoms with Gasteiger partial charge < -0.3 is 15.0 Å². The molecule has 118 valence electrons. The van der Waals surface area contributed by atoms with E-state index >= 15 is 0 Å². The summed E-state index contributed by atoms with van der Waals surface area (Å²) in [6.07, 6.45) is 1.11. The van der Waals surface area contributed by atoms with Crippen LogP contribution in [0.5, 0.6) is 6.01 Å². The number of anilines is 2. The number of nitrogens with zero attached hydrogens (tertiary/aromatic N) is 4. The molecule has 0 aliphatic carbocycles. The summed E-state index contributed by atoms with van der Waals surface area (Å²) >= 11 is 2.01. The molecule has 0 aromatic carbocycles. The van der Waals surface area contributed by atoms with Crippen LogP contribution in [0.15, 0.2) is 0 Å². The third-order valence-electron chi connectivity index (χ3n) is 3.33. The second-order valence-electron chi connectivity index (χ2n) is 5.55. The van der Waals surface area contributed by atoms with E-state index in [2.05, 4.69) is 39.0 Å². The van der Waals surface area contributed by atoms with Crippen LogP contribution in [0.2, 0.25) is 0 Å². The minimum Gasteiger partial charge on any atom is -0.464 e. The lowest BCUT2D eigenvalue weighted by molar-refractivity contribution is 0.312. The maximum Gasteiger partial charge on any atom is 0.323 e. The standard InChI is InChI=1S/C14H25N5OS/c1-5-15-11-16-12(18-13(17-11)20-6-2)19-8-7-14(3,4)21-10-9-19/h5-10H2,1-4H3,(H,15,16,17,18). The van der Waals surface area contributed by atoms with Gasteiger partial charge in [-0.2, -0.15) is 26.7 Å². The van der Waals surface area contributed by atoms with E-state index in [9.17, 15) is 0 Å². The average molecular weight is 311 g/mol. The third-order valence-corrected chi connectivity index (χ3v) is 4.70. The van der Waals surface area contributed by atoms with Crippen LogP contribution < -0.4 is 15.0 Å². The number of aromatic nitrogens is 3. The Bertz CT molecular complexity index is 444. The minimum absolute atomic E-state index is 0.315. The van der Waals surface area contributed by atoms with E-state index in [0.29, 0.717) is 29.3 Å². The SMILES string of the molecule is CCNc1nc(OCC)nc(N2CCSC(C)(C)CC2)n1. The molecule has 1 aromatic heterocycles. The summed E-state index contributed by atoms with van der Waals surface area (Å²) in [5.74, 6) is 2.38. The Morgan fingerprint density at radius 2 is 2.05 bits per heavy atom. The second-order valence-corrected chi connectivity index (χ2v) is 7.35. The zero-order valence-corrected chi connectivity index (χ0v) is 14.2. The van der Waals surface area contributed by atoms with Crippen molar-refractivity contribution in [2.24, 2.45) is 0 Å². The first-order valence-electron chi connectivity index (χ1n) is 7.55. The van der Waals surface area contributed by atoms with E-state index in [4.69, 9.17) is 4.74 Å². The van der Waals surface area contributed by atoms with E-state index in [1.165, 1.54) is 0 Å². The average Bonchev–Trinajstić information content (AvgIpc) is 2.60. The highest BCUT2D eigenvalue weighted by Gasteiger charge is 2.25. The zero-order chi connectivity index (χ0) is 15.3. The minimum atomic E-state index is 0.315. The van der Waals surface area contributed by atoms with Gasteiger partial charge in [-0.15, -0.1) is 0 Å². The molecule has 0 unspecified atom stereocenters. The molecule has 0 atom stereocenters. The number of nitrogens with one attached hydrogen (secondary N) is 1. The predicted molar refractivity (Wildman–Crippen MR) is 88.5 cm³/mol. The van der Waals surface area contributed by atoms with Crippen LogP contribution in [0.3, 0.4) is 0 Å². The maximum atomic E-state index is 5.46. The summed E-state index contributed by atoms with van der Waals surface area (Å²) in [6.45, 7) is 11.8. The van der Waals surface area contributed by atoms with Crippen LogP contribution in [-0.4, -0.2) is 51.7 Å². The third kappa shape index (κ3) is 4.62. The van der Waals surface area contributed by atoms with Crippen molar-refractivity contribution < 1.29 is 4.74 Å². The van der Waals surface area contributed by atoms with Crippen molar-refractivity contribution in [2.45, 2.75) is 38.9 Å². The number of hydrogen-bond donors (Lipinski definition) is 1. The van der Waals surface area contributed by atoms with Gasteiger partial charge in [-0.05, 0) is 20.3 Å². The van der Waals surface area contributed by atoms with Crippen LogP contribution in [-0.2, 0) is 0 Å². The van der Waals surface area contributed by atoms with Crippen molar-refractivity contribution in [1.29, 1.82) is 0 Å². The van der Waals surface area contributed by atoms with E-state index in [1.54, 1.807) is 0 Å². The van der Waals surface area contributed by atoms with Crippen molar-refractivity contribution in [3.8, 4) is 6.01 Å². The molecule has 0 radical (unpaired) electrons. The maximum absolute atomic E-state index is 5.46. The van der Waals surface area contributed by atoms with Gasteiger partial charge in [0.25, 0.3) is 0 Å². The van der Waals surface area contributed by atoms with Crippen LogP contribution in [0.4, 0.5) is 11.9 Å². The monoisotopic (exact) mass is 311 g/mol. The van der Waals surface area contributed by atoms with E-state index in [0.717, 1.165) is 31.8 Å². The van der Waals surface area contributed by atoms with Gasteiger partial charge >= 0.3 is 6.01 Å². The molecule has 0 bridgehead atoms. The quantitative estimate of drug-likeness (QED) is 0.896. The first-order valence-corrected chi connectivity index (χ1v) is 8.54. The van der Waals surface area contributed by atoms with Gasteiger partial charge in [-0.25, -0.2) is 0 Å². The first kappa shape index (κ1) is 16.1. The molecular formula is C14H25N5OS. The summed E-state index contributed by atoms with van der Waals surface area (Å²) in [5.41, 5.74) is 0. The van der Waals surface area contributed by atoms with E-state index in [1.807, 2.05) is 25.6 Å². The second kappa shape index (κ2) is 7.15. The van der Waals surface area contributed by atoms with E-state index in [-0.39, 0.29) is 0 Å². The van der Waals surface area contributed by atoms with Gasteiger partial charge in [0.05, 0.1) is 6.61 Å². The van der Waals surface area contributed by atoms with Gasteiger partial charge in [0.15, 0.2) is 0 Å². The Hall–Kier alpha value is -1.24. The number of hydrogen-bond acceptors (Lipinski definition) is 7. The molecule has 1 aliphatic rings. The van der Waals surface area contributed by atoms with Crippen molar-refractivity contribution in [1.82, 2.24) is 15.0 Å². The Kier molecular flexibility index (Phi) is 5.50. The largest absolute Gasteiger partial charge is 0.464 e. The van der Waals surface area contributed by atoms with Gasteiger partial charge in [-0.3, -0.25) is 0 Å². The fourth-order valence-corrected chi connectivity index (χ4v) is 3.24. The molecule has 21 heavy (non-hydrogen) atoms. The topological polar surface area (TPSA) is 63.2 Å². The Morgan fingerprint density at radius 1 is 1.24 bits per heavy atom. The molecule has 7 heteroatoms. The molecular weight excluding hydrogens is 286 g/mol. The molecule has 1 aromatic rings. The molecule has 1 saturated heterocycles. The molecule has 1 N–H and O–H groups in total. The Balaban J connectivity index is 2.20. The van der Waals surface area contributed by atoms with Crippen molar-refractivity contribution in [3.63, 3.8) is 0 Å². The number of ether oxygens (including phenoxy) is 1. The number of rotatable bonds is 5. The highest BCUT2D eigenvalue weighted by atomic mass is 32.2. The summed E-state index contributed by atoms with van der Waals surface area (Å²) in [4.78, 5) is 15.5. The molecule has 2 rings (SSSR count). The van der Waals surface area contributed by atoms with Crippen LogP contribution in [0.25, 0.3) is 0 Å². The van der Waals surface area contributed by atoms with Crippen molar-refractivity contribution >= 4 is 23.7 Å². The van der Waals surface area contributed by atoms with Crippen molar-refractivity contribution in [2.75, 3.05) is 42.2 Å². The molecule has 1 fully saturated rings. The van der Waals surface area contributed by atoms with Crippen LogP contribution in [0, 0.1) is 0 Å². The smallest absolute Gasteiger partial charge is 0.323 e. The normalized spacial score (nSPS) is 18.2. The lowest BCUT2D eigenvalue weighted by atomic mass is 10.1. The summed E-state index contributed by atoms with van der Waals surface area (Å²) < 4.78 is 5.78. The molecule has 0 spiro atoms. The highest BCUT2D eigenvalue weighted by molar-refractivity contribution is 8.00. The van der Waals surface area contributed by atoms with Crippen LogP contribution >= 0.6 is 11.8 Å². The lowest BCUT2D eigenvalue weighted by Crippen LogP contribution is -2.29. The zero-order valence-electron chi connectivity index (χ0n) is 13.3. The number of thioether (sulfide) groups is 1. The lowest BCUT2D eigenvalue weighted by Gasteiger charge is -2.23. The summed E-state index contributed by atoms with van der Waals surface area (Å²) in [5, 5.41) is 3.14. The molecule has 6 nitrogen and oxygen atoms in total. The molecule has 1 aliphatic heterocycles. The molecule has 2 heterocycles. The molecule has 0 amide bonds. The van der Waals surface area contributed by atoms with Gasteiger partial charge in [0.2, 0.25) is 11.9 Å². The first-order chi connectivity index (χ1) is 10.0. The van der Waals surface area contributed by atoms with E-state index < -0.39 is 0 Å². The van der Waals surface area contributed by atoms with Crippen LogP contribution in [0.1, 0.15) is 34.1 Å². The highest BCUT2D eigenvalue weighted by Crippen LogP contribution is 2.31. The summed E-state index contributed by atoms with van der Waals surface area (Å²) in [7, 11) is 0. The predicted octanol–water partition coefficient (Wildman–Crippen LogP) is 2.42. The van der Waals surface area contributed by atoms with Gasteiger partial charge in [-0.1, -0.05) is 13.8 Å². The van der Waals surface area contributed by atoms with Crippen molar-refractivity contribution in [3.05, 3.63) is 0 Å². The fraction of sp³-hybridized carbons (Fsp3) is 0.786. The molecule has 0 saturated carbocycles. The Labute approximate surface area is 131 Å². The Morgan fingerprint density at radius 3 is 2.76 bits per heavy atom. The summed E-state index contributed by atoms with van der Waals surface area (Å²) in [6, 6.07) is 0.398. The van der Waals surface area contributed by atoms with Gasteiger partial charge in [0.1, 0.15) is 0 Å². The fourth-order valence-electron chi connectivity index (χ4n) is 2.14. The van der Waals surface area contributed by atoms with Gasteiger partial charge in [0, 0.05) is 30.1 Å².